The van der Waals surface area contributed by atoms with Crippen molar-refractivity contribution in [2.75, 3.05) is 13.2 Å². The number of hydrogen-bond donors (Lipinski definition) is 0. The first-order chi connectivity index (χ1) is 10.7. The quantitative estimate of drug-likeness (QED) is 0.294. The van der Waals surface area contributed by atoms with Crippen LogP contribution in [0.15, 0.2) is 0 Å². The van der Waals surface area contributed by atoms with Gasteiger partial charge >= 0.3 is 0 Å². The average molecular weight is 313 g/mol. The highest BCUT2D eigenvalue weighted by Gasteiger charge is 2.04. The van der Waals surface area contributed by atoms with E-state index in [9.17, 15) is 4.79 Å². The van der Waals surface area contributed by atoms with Gasteiger partial charge in [-0.3, -0.25) is 0 Å². The molecule has 2 nitrogen and oxygen atoms in total. The fraction of sp³-hybridized carbons (Fsp3) is 0.950. The second kappa shape index (κ2) is 17.0. The molecule has 0 N–H and O–H groups in total. The van der Waals surface area contributed by atoms with Gasteiger partial charge in [-0.2, -0.15) is 0 Å². The molecule has 0 aromatic heterocycles. The lowest BCUT2D eigenvalue weighted by Crippen LogP contribution is -2.10. The minimum Gasteiger partial charge on any atom is -0.381 e. The summed E-state index contributed by atoms with van der Waals surface area (Å²) in [6.07, 6.45) is 17.2. The van der Waals surface area contributed by atoms with Gasteiger partial charge in [0.15, 0.2) is 0 Å². The molecule has 0 aliphatic rings. The van der Waals surface area contributed by atoms with Gasteiger partial charge in [0.05, 0.1) is 0 Å². The Bertz CT molecular complexity index is 238. The van der Waals surface area contributed by atoms with Gasteiger partial charge in [-0.1, -0.05) is 84.5 Å². The van der Waals surface area contributed by atoms with E-state index in [1.807, 2.05) is 0 Å². The number of unbranched alkanes of at least 4 members (excludes halogenated alkanes) is 11. The molecular formula is C20H40O2. The molecule has 0 amide bonds. The van der Waals surface area contributed by atoms with Crippen LogP contribution in [0.2, 0.25) is 0 Å². The van der Waals surface area contributed by atoms with Crippen LogP contribution in [-0.2, 0) is 9.53 Å². The summed E-state index contributed by atoms with van der Waals surface area (Å²) in [6, 6.07) is 0. The Morgan fingerprint density at radius 3 is 1.73 bits per heavy atom. The van der Waals surface area contributed by atoms with Gasteiger partial charge in [-0.15, -0.1) is 0 Å². The largest absolute Gasteiger partial charge is 0.381 e. The van der Waals surface area contributed by atoms with Crippen LogP contribution in [-0.4, -0.2) is 19.0 Å². The molecule has 0 aliphatic heterocycles. The van der Waals surface area contributed by atoms with E-state index in [0.29, 0.717) is 12.3 Å². The SMILES string of the molecule is CCCCCCCCCCCCCCOCC(C)CC(C)=O. The monoisotopic (exact) mass is 312 g/mol. The smallest absolute Gasteiger partial charge is 0.130 e. The number of carbonyl (C=O) groups is 1. The van der Waals surface area contributed by atoms with Crippen molar-refractivity contribution in [3.05, 3.63) is 0 Å². The molecule has 0 aromatic carbocycles. The molecule has 1 atom stereocenters. The van der Waals surface area contributed by atoms with E-state index in [2.05, 4.69) is 13.8 Å². The summed E-state index contributed by atoms with van der Waals surface area (Å²) in [5.41, 5.74) is 0. The van der Waals surface area contributed by atoms with E-state index < -0.39 is 0 Å². The molecule has 1 unspecified atom stereocenters. The van der Waals surface area contributed by atoms with Crippen molar-refractivity contribution < 1.29 is 9.53 Å². The lowest BCUT2D eigenvalue weighted by molar-refractivity contribution is -0.118. The van der Waals surface area contributed by atoms with Crippen molar-refractivity contribution in [2.45, 2.75) is 104 Å². The third-order valence-electron chi connectivity index (χ3n) is 4.18. The highest BCUT2D eigenvalue weighted by molar-refractivity contribution is 5.75. The fourth-order valence-electron chi connectivity index (χ4n) is 2.88. The average Bonchev–Trinajstić information content (AvgIpc) is 2.47. The van der Waals surface area contributed by atoms with Gasteiger partial charge in [-0.05, 0) is 19.3 Å². The zero-order chi connectivity index (χ0) is 16.5. The number of rotatable bonds is 17. The molecule has 0 saturated carbocycles. The molecule has 0 bridgehead atoms. The zero-order valence-electron chi connectivity index (χ0n) is 15.5. The molecule has 0 aromatic rings. The maximum absolute atomic E-state index is 10.9. The number of ether oxygens (including phenoxy) is 1. The van der Waals surface area contributed by atoms with Crippen molar-refractivity contribution in [1.29, 1.82) is 0 Å². The summed E-state index contributed by atoms with van der Waals surface area (Å²) in [7, 11) is 0. The maximum atomic E-state index is 10.9. The molecule has 0 rings (SSSR count). The van der Waals surface area contributed by atoms with Crippen LogP contribution in [0.25, 0.3) is 0 Å². The number of hydrogen-bond acceptors (Lipinski definition) is 2. The lowest BCUT2D eigenvalue weighted by Gasteiger charge is -2.10. The van der Waals surface area contributed by atoms with Crippen LogP contribution in [0.4, 0.5) is 0 Å². The third kappa shape index (κ3) is 17.7. The summed E-state index contributed by atoms with van der Waals surface area (Å²) in [5, 5.41) is 0. The zero-order valence-corrected chi connectivity index (χ0v) is 15.5. The van der Waals surface area contributed by atoms with Crippen LogP contribution in [0, 0.1) is 5.92 Å². The molecule has 2 heteroatoms. The van der Waals surface area contributed by atoms with Crippen LogP contribution >= 0.6 is 0 Å². The van der Waals surface area contributed by atoms with E-state index in [0.717, 1.165) is 13.2 Å². The topological polar surface area (TPSA) is 26.3 Å². The van der Waals surface area contributed by atoms with Crippen molar-refractivity contribution in [3.63, 3.8) is 0 Å². The molecule has 22 heavy (non-hydrogen) atoms. The number of ketones is 1. The Morgan fingerprint density at radius 2 is 1.27 bits per heavy atom. The fourth-order valence-corrected chi connectivity index (χ4v) is 2.88. The standard InChI is InChI=1S/C20H40O2/c1-4-5-6-7-8-9-10-11-12-13-14-15-16-22-18-19(2)17-20(3)21/h19H,4-18H2,1-3H3. The lowest BCUT2D eigenvalue weighted by atomic mass is 10.1. The van der Waals surface area contributed by atoms with E-state index in [1.165, 1.54) is 77.0 Å². The Hall–Kier alpha value is -0.370. The van der Waals surface area contributed by atoms with Gasteiger partial charge in [0.2, 0.25) is 0 Å². The Morgan fingerprint density at radius 1 is 0.818 bits per heavy atom. The second-order valence-electron chi connectivity index (χ2n) is 6.98. The summed E-state index contributed by atoms with van der Waals surface area (Å²) in [5.74, 6) is 0.635. The molecule has 0 spiro atoms. The molecule has 0 aliphatic carbocycles. The molecule has 132 valence electrons. The summed E-state index contributed by atoms with van der Waals surface area (Å²) in [4.78, 5) is 10.9. The van der Waals surface area contributed by atoms with Crippen LogP contribution in [0.3, 0.4) is 0 Å². The van der Waals surface area contributed by atoms with Crippen LogP contribution in [0.5, 0.6) is 0 Å². The highest BCUT2D eigenvalue weighted by atomic mass is 16.5. The first-order valence-electron chi connectivity index (χ1n) is 9.74. The highest BCUT2D eigenvalue weighted by Crippen LogP contribution is 2.12. The van der Waals surface area contributed by atoms with Crippen molar-refractivity contribution in [1.82, 2.24) is 0 Å². The minimum atomic E-state index is 0.265. The maximum Gasteiger partial charge on any atom is 0.130 e. The Labute approximate surface area is 139 Å². The second-order valence-corrected chi connectivity index (χ2v) is 6.98. The van der Waals surface area contributed by atoms with Gasteiger partial charge < -0.3 is 9.53 Å². The third-order valence-corrected chi connectivity index (χ3v) is 4.18. The number of carbonyl (C=O) groups excluding carboxylic acids is 1. The predicted molar refractivity (Wildman–Crippen MR) is 96.4 cm³/mol. The Balaban J connectivity index is 3.07. The Kier molecular flexibility index (Phi) is 16.7. The normalized spacial score (nSPS) is 12.5. The van der Waals surface area contributed by atoms with Crippen molar-refractivity contribution in [2.24, 2.45) is 5.92 Å². The molecule has 0 heterocycles. The summed E-state index contributed by atoms with van der Waals surface area (Å²) in [6.45, 7) is 7.61. The first-order valence-corrected chi connectivity index (χ1v) is 9.74. The predicted octanol–water partition coefficient (Wildman–Crippen LogP) is 6.32. The van der Waals surface area contributed by atoms with Gasteiger partial charge in [0.1, 0.15) is 5.78 Å². The van der Waals surface area contributed by atoms with Crippen molar-refractivity contribution >= 4 is 5.78 Å². The minimum absolute atomic E-state index is 0.265. The van der Waals surface area contributed by atoms with E-state index in [1.54, 1.807) is 6.92 Å². The molecule has 0 radical (unpaired) electrons. The van der Waals surface area contributed by atoms with Crippen molar-refractivity contribution in [3.8, 4) is 0 Å². The van der Waals surface area contributed by atoms with E-state index in [-0.39, 0.29) is 5.78 Å². The number of Topliss-reactive ketones (excluding diaryl/α,β-unsaturated/α-hetero) is 1. The van der Waals surface area contributed by atoms with Gasteiger partial charge in [0, 0.05) is 19.6 Å². The van der Waals surface area contributed by atoms with Crippen LogP contribution < -0.4 is 0 Å². The van der Waals surface area contributed by atoms with Gasteiger partial charge in [-0.25, -0.2) is 0 Å². The summed E-state index contributed by atoms with van der Waals surface area (Å²) >= 11 is 0. The molecule has 0 saturated heterocycles. The van der Waals surface area contributed by atoms with E-state index >= 15 is 0 Å². The molecular weight excluding hydrogens is 272 g/mol. The summed E-state index contributed by atoms with van der Waals surface area (Å²) < 4.78 is 5.64. The van der Waals surface area contributed by atoms with Gasteiger partial charge in [0.25, 0.3) is 0 Å². The molecule has 0 fully saturated rings. The first kappa shape index (κ1) is 21.6. The van der Waals surface area contributed by atoms with Crippen LogP contribution in [0.1, 0.15) is 104 Å². The van der Waals surface area contributed by atoms with E-state index in [4.69, 9.17) is 4.74 Å².